The van der Waals surface area contributed by atoms with E-state index >= 15 is 0 Å². The summed E-state index contributed by atoms with van der Waals surface area (Å²) in [6.07, 6.45) is 13.1. The van der Waals surface area contributed by atoms with Crippen LogP contribution in [-0.2, 0) is 11.8 Å². The van der Waals surface area contributed by atoms with Crippen molar-refractivity contribution in [2.45, 2.75) is 89.9 Å². The normalized spacial score (nSPS) is 13.7. The van der Waals surface area contributed by atoms with Crippen LogP contribution in [0.1, 0.15) is 94.7 Å². The van der Waals surface area contributed by atoms with Crippen molar-refractivity contribution in [3.8, 4) is 17.2 Å². The Hall–Kier alpha value is -1.11. The summed E-state index contributed by atoms with van der Waals surface area (Å²) < 4.78 is 2.26. The molecule has 0 fully saturated rings. The predicted molar refractivity (Wildman–Crippen MR) is 135 cm³/mol. The minimum Gasteiger partial charge on any atom is -0.198 e. The number of fused-ring (bicyclic) bond motifs is 3. The van der Waals surface area contributed by atoms with Gasteiger partial charge in [0.05, 0.1) is 12.5 Å². The lowest BCUT2D eigenvalue weighted by Crippen LogP contribution is -2.25. The number of halogens is 2. The average Bonchev–Trinajstić information content (AvgIpc) is 2.98. The van der Waals surface area contributed by atoms with Crippen LogP contribution in [0, 0.1) is 11.3 Å². The lowest BCUT2D eigenvalue weighted by molar-refractivity contribution is 0.400. The lowest BCUT2D eigenvalue weighted by Gasteiger charge is -2.33. The molecule has 30 heavy (non-hydrogen) atoms. The highest BCUT2D eigenvalue weighted by atomic mass is 79.9. The van der Waals surface area contributed by atoms with Crippen LogP contribution in [0.15, 0.2) is 39.3 Å². The Morgan fingerprint density at radius 1 is 0.800 bits per heavy atom. The molecule has 0 spiro atoms. The van der Waals surface area contributed by atoms with Crippen molar-refractivity contribution < 1.29 is 0 Å². The zero-order chi connectivity index (χ0) is 21.6. The first-order valence-electron chi connectivity index (χ1n) is 11.6. The lowest BCUT2D eigenvalue weighted by atomic mass is 9.70. The first kappa shape index (κ1) is 23.6. The summed E-state index contributed by atoms with van der Waals surface area (Å²) in [7, 11) is 0. The van der Waals surface area contributed by atoms with Crippen LogP contribution in [0.3, 0.4) is 0 Å². The molecule has 0 saturated heterocycles. The molecular formula is C27H33Br2N. The maximum absolute atomic E-state index is 9.49. The summed E-state index contributed by atoms with van der Waals surface area (Å²) in [6.45, 7) is 4.56. The Balaban J connectivity index is 2.14. The van der Waals surface area contributed by atoms with Gasteiger partial charge in [-0.15, -0.1) is 0 Å². The summed E-state index contributed by atoms with van der Waals surface area (Å²) in [5.74, 6) is 0. The molecule has 0 bridgehead atoms. The number of nitriles is 1. The molecule has 2 aromatic rings. The van der Waals surface area contributed by atoms with Crippen molar-refractivity contribution in [1.29, 1.82) is 5.26 Å². The van der Waals surface area contributed by atoms with E-state index in [-0.39, 0.29) is 5.41 Å². The van der Waals surface area contributed by atoms with E-state index in [1.54, 1.807) is 0 Å². The minimum atomic E-state index is 0.0594. The third kappa shape index (κ3) is 4.86. The van der Waals surface area contributed by atoms with Gasteiger partial charge in [0.2, 0.25) is 0 Å². The van der Waals surface area contributed by atoms with E-state index in [0.29, 0.717) is 6.42 Å². The van der Waals surface area contributed by atoms with E-state index < -0.39 is 0 Å². The van der Waals surface area contributed by atoms with Gasteiger partial charge in [0.1, 0.15) is 0 Å². The fourth-order valence-corrected chi connectivity index (χ4v) is 6.10. The van der Waals surface area contributed by atoms with Crippen LogP contribution in [0.2, 0.25) is 0 Å². The van der Waals surface area contributed by atoms with Crippen LogP contribution in [-0.4, -0.2) is 0 Å². The van der Waals surface area contributed by atoms with E-state index in [9.17, 15) is 5.26 Å². The predicted octanol–water partition coefficient (Wildman–Crippen LogP) is 9.48. The molecule has 1 nitrogen and oxygen atoms in total. The molecule has 3 heteroatoms. The molecule has 3 rings (SSSR count). The van der Waals surface area contributed by atoms with E-state index in [4.69, 9.17) is 0 Å². The third-order valence-electron chi connectivity index (χ3n) is 6.65. The summed E-state index contributed by atoms with van der Waals surface area (Å²) in [6, 6.07) is 13.7. The SMILES string of the molecule is CCCCCCC1(CCCCCC)c2cc(Br)ccc2-c2c(CC#N)cc(Br)cc21. The number of hydrogen-bond acceptors (Lipinski definition) is 1. The molecule has 0 atom stereocenters. The first-order chi connectivity index (χ1) is 14.6. The van der Waals surface area contributed by atoms with E-state index in [1.807, 2.05) is 0 Å². The van der Waals surface area contributed by atoms with Gasteiger partial charge >= 0.3 is 0 Å². The van der Waals surface area contributed by atoms with E-state index in [1.165, 1.54) is 86.5 Å². The molecule has 0 N–H and O–H groups in total. The number of benzene rings is 2. The van der Waals surface area contributed by atoms with Crippen LogP contribution < -0.4 is 0 Å². The van der Waals surface area contributed by atoms with Crippen molar-refractivity contribution >= 4 is 31.9 Å². The van der Waals surface area contributed by atoms with Gasteiger partial charge in [-0.05, 0) is 64.9 Å². The zero-order valence-electron chi connectivity index (χ0n) is 18.4. The molecule has 0 unspecified atom stereocenters. The van der Waals surface area contributed by atoms with Crippen LogP contribution in [0.4, 0.5) is 0 Å². The Labute approximate surface area is 199 Å². The molecule has 0 radical (unpaired) electrons. The Morgan fingerprint density at radius 2 is 1.43 bits per heavy atom. The molecule has 0 saturated carbocycles. The highest BCUT2D eigenvalue weighted by molar-refractivity contribution is 9.10. The van der Waals surface area contributed by atoms with Crippen LogP contribution >= 0.6 is 31.9 Å². The van der Waals surface area contributed by atoms with Crippen molar-refractivity contribution in [1.82, 2.24) is 0 Å². The van der Waals surface area contributed by atoms with Gasteiger partial charge in [-0.25, -0.2) is 0 Å². The first-order valence-corrected chi connectivity index (χ1v) is 13.2. The summed E-state index contributed by atoms with van der Waals surface area (Å²) in [5, 5.41) is 9.49. The van der Waals surface area contributed by atoms with Crippen LogP contribution in [0.5, 0.6) is 0 Å². The minimum absolute atomic E-state index is 0.0594. The molecule has 0 aromatic heterocycles. The molecule has 0 aliphatic heterocycles. The number of rotatable bonds is 11. The summed E-state index contributed by atoms with van der Waals surface area (Å²) in [5.41, 5.74) is 6.81. The maximum Gasteiger partial charge on any atom is 0.0669 e. The fraction of sp³-hybridized carbons (Fsp3) is 0.519. The Morgan fingerprint density at radius 3 is 2.03 bits per heavy atom. The molecule has 0 heterocycles. The number of hydrogen-bond donors (Lipinski definition) is 0. The quantitative estimate of drug-likeness (QED) is 0.265. The summed E-state index contributed by atoms with van der Waals surface area (Å²) in [4.78, 5) is 0. The Kier molecular flexibility index (Phi) is 8.61. The highest BCUT2D eigenvalue weighted by Gasteiger charge is 2.43. The van der Waals surface area contributed by atoms with Gasteiger partial charge in [0, 0.05) is 14.4 Å². The molecule has 1 aliphatic carbocycles. The van der Waals surface area contributed by atoms with Gasteiger partial charge in [0.25, 0.3) is 0 Å². The second-order valence-electron chi connectivity index (χ2n) is 8.72. The van der Waals surface area contributed by atoms with E-state index in [2.05, 4.69) is 82.1 Å². The van der Waals surface area contributed by atoms with Gasteiger partial charge in [-0.1, -0.05) is 103 Å². The zero-order valence-corrected chi connectivity index (χ0v) is 21.5. The van der Waals surface area contributed by atoms with Crippen molar-refractivity contribution in [2.75, 3.05) is 0 Å². The number of unbranched alkanes of at least 4 members (excludes halogenated alkanes) is 6. The van der Waals surface area contributed by atoms with Gasteiger partial charge < -0.3 is 0 Å². The van der Waals surface area contributed by atoms with Gasteiger partial charge in [-0.3, -0.25) is 0 Å². The molecule has 0 amide bonds. The largest absolute Gasteiger partial charge is 0.198 e. The fourth-order valence-electron chi connectivity index (χ4n) is 5.23. The van der Waals surface area contributed by atoms with Gasteiger partial charge in [0.15, 0.2) is 0 Å². The topological polar surface area (TPSA) is 23.8 Å². The Bertz CT molecular complexity index is 898. The second-order valence-corrected chi connectivity index (χ2v) is 10.5. The van der Waals surface area contributed by atoms with Crippen molar-refractivity contribution in [2.24, 2.45) is 0 Å². The van der Waals surface area contributed by atoms with E-state index in [0.717, 1.165) is 14.5 Å². The average molecular weight is 531 g/mol. The monoisotopic (exact) mass is 529 g/mol. The van der Waals surface area contributed by atoms with Crippen molar-refractivity contribution in [3.63, 3.8) is 0 Å². The maximum atomic E-state index is 9.49. The smallest absolute Gasteiger partial charge is 0.0669 e. The molecular weight excluding hydrogens is 498 g/mol. The molecule has 2 aromatic carbocycles. The highest BCUT2D eigenvalue weighted by Crippen LogP contribution is 2.56. The van der Waals surface area contributed by atoms with Crippen LogP contribution in [0.25, 0.3) is 11.1 Å². The molecule has 1 aliphatic rings. The summed E-state index contributed by atoms with van der Waals surface area (Å²) >= 11 is 7.51. The second kappa shape index (κ2) is 11.0. The van der Waals surface area contributed by atoms with Crippen molar-refractivity contribution in [3.05, 3.63) is 56.0 Å². The standard InChI is InChI=1S/C27H33Br2N/c1-3-5-7-9-14-27(15-10-8-6-4-2)24-18-21(28)11-12-23(24)26-20(13-16-30)17-22(29)19-25(26)27/h11-12,17-19H,3-10,13-15H2,1-2H3. The number of nitrogens with zero attached hydrogens (tertiary/aromatic N) is 1. The third-order valence-corrected chi connectivity index (χ3v) is 7.60. The molecule has 160 valence electrons. The van der Waals surface area contributed by atoms with Gasteiger partial charge in [-0.2, -0.15) is 5.26 Å².